The third kappa shape index (κ3) is 7.11. The first-order valence-corrected chi connectivity index (χ1v) is 10.3. The standard InChI is InChI=1S/C18H18BrNO4S/c1-25(22,23)12-11-24-16-7-4-6-15(13-16)20-18(21)10-9-14-5-2-3-8-17(14)19/h2-10,13H,11-12H2,1H3,(H,20,21)/b10-9+. The minimum absolute atomic E-state index is 0.0573. The minimum atomic E-state index is -3.07. The van der Waals surface area contributed by atoms with Crippen LogP contribution in [0, 0.1) is 0 Å². The van der Waals surface area contributed by atoms with Crippen molar-refractivity contribution in [2.45, 2.75) is 0 Å². The molecule has 0 saturated carbocycles. The van der Waals surface area contributed by atoms with E-state index in [1.807, 2.05) is 24.3 Å². The van der Waals surface area contributed by atoms with Gasteiger partial charge in [-0.15, -0.1) is 0 Å². The number of hydrogen-bond acceptors (Lipinski definition) is 4. The summed E-state index contributed by atoms with van der Waals surface area (Å²) in [4.78, 5) is 12.0. The monoisotopic (exact) mass is 423 g/mol. The largest absolute Gasteiger partial charge is 0.492 e. The van der Waals surface area contributed by atoms with Gasteiger partial charge in [0.2, 0.25) is 5.91 Å². The Kier molecular flexibility index (Phi) is 6.78. The minimum Gasteiger partial charge on any atom is -0.492 e. The van der Waals surface area contributed by atoms with Gasteiger partial charge in [-0.2, -0.15) is 0 Å². The quantitative estimate of drug-likeness (QED) is 0.691. The van der Waals surface area contributed by atoms with Gasteiger partial charge in [0.25, 0.3) is 0 Å². The highest BCUT2D eigenvalue weighted by Crippen LogP contribution is 2.19. The van der Waals surface area contributed by atoms with Gasteiger partial charge < -0.3 is 10.1 Å². The van der Waals surface area contributed by atoms with E-state index in [4.69, 9.17) is 4.74 Å². The number of nitrogens with one attached hydrogen (secondary N) is 1. The molecule has 2 rings (SSSR count). The van der Waals surface area contributed by atoms with E-state index in [0.717, 1.165) is 16.3 Å². The smallest absolute Gasteiger partial charge is 0.248 e. The van der Waals surface area contributed by atoms with Gasteiger partial charge in [0.1, 0.15) is 12.4 Å². The van der Waals surface area contributed by atoms with Gasteiger partial charge in [0.15, 0.2) is 9.84 Å². The van der Waals surface area contributed by atoms with Crippen LogP contribution in [0.4, 0.5) is 5.69 Å². The van der Waals surface area contributed by atoms with Crippen LogP contribution in [0.25, 0.3) is 6.08 Å². The predicted octanol–water partition coefficient (Wildman–Crippen LogP) is 3.52. The van der Waals surface area contributed by atoms with Crippen LogP contribution in [0.15, 0.2) is 59.1 Å². The highest BCUT2D eigenvalue weighted by atomic mass is 79.9. The number of benzene rings is 2. The summed E-state index contributed by atoms with van der Waals surface area (Å²) in [6, 6.07) is 14.4. The number of ether oxygens (including phenoxy) is 1. The van der Waals surface area contributed by atoms with Gasteiger partial charge in [-0.1, -0.05) is 40.2 Å². The first-order valence-electron chi connectivity index (χ1n) is 7.48. The van der Waals surface area contributed by atoms with E-state index in [2.05, 4.69) is 21.2 Å². The lowest BCUT2D eigenvalue weighted by atomic mass is 10.2. The summed E-state index contributed by atoms with van der Waals surface area (Å²) in [5, 5.41) is 2.74. The van der Waals surface area contributed by atoms with Crippen molar-refractivity contribution in [1.29, 1.82) is 0 Å². The molecule has 0 bridgehead atoms. The predicted molar refractivity (Wildman–Crippen MR) is 103 cm³/mol. The Morgan fingerprint density at radius 3 is 2.68 bits per heavy atom. The molecular weight excluding hydrogens is 406 g/mol. The third-order valence-corrected chi connectivity index (χ3v) is 4.77. The zero-order valence-corrected chi connectivity index (χ0v) is 16.0. The summed E-state index contributed by atoms with van der Waals surface area (Å²) in [6.45, 7) is 0.0676. The highest BCUT2D eigenvalue weighted by Gasteiger charge is 2.04. The molecule has 0 radical (unpaired) electrons. The van der Waals surface area contributed by atoms with Crippen LogP contribution in [-0.4, -0.2) is 32.9 Å². The summed E-state index contributed by atoms with van der Waals surface area (Å²) >= 11 is 3.42. The molecule has 0 aliphatic rings. The molecule has 0 atom stereocenters. The zero-order chi connectivity index (χ0) is 18.3. The molecule has 0 aromatic heterocycles. The summed E-state index contributed by atoms with van der Waals surface area (Å²) < 4.78 is 28.5. The molecular formula is C18H18BrNO4S. The number of carbonyl (C=O) groups is 1. The van der Waals surface area contributed by atoms with Gasteiger partial charge in [-0.3, -0.25) is 4.79 Å². The fraction of sp³-hybridized carbons (Fsp3) is 0.167. The fourth-order valence-corrected chi connectivity index (χ4v) is 2.74. The Morgan fingerprint density at radius 1 is 1.20 bits per heavy atom. The van der Waals surface area contributed by atoms with Crippen molar-refractivity contribution in [3.63, 3.8) is 0 Å². The third-order valence-electron chi connectivity index (χ3n) is 3.14. The molecule has 0 saturated heterocycles. The molecule has 2 aromatic carbocycles. The maximum Gasteiger partial charge on any atom is 0.248 e. The van der Waals surface area contributed by atoms with Crippen molar-refractivity contribution in [3.8, 4) is 5.75 Å². The van der Waals surface area contributed by atoms with E-state index in [1.54, 1.807) is 30.3 Å². The Hall–Kier alpha value is -2.12. The van der Waals surface area contributed by atoms with Crippen LogP contribution in [0.1, 0.15) is 5.56 Å². The molecule has 0 spiro atoms. The lowest BCUT2D eigenvalue weighted by molar-refractivity contribution is -0.111. The van der Waals surface area contributed by atoms with Crippen LogP contribution < -0.4 is 10.1 Å². The Labute approximate surface area is 155 Å². The first-order chi connectivity index (χ1) is 11.8. The van der Waals surface area contributed by atoms with E-state index in [-0.39, 0.29) is 18.3 Å². The second kappa shape index (κ2) is 8.82. The highest BCUT2D eigenvalue weighted by molar-refractivity contribution is 9.10. The van der Waals surface area contributed by atoms with Gasteiger partial charge in [-0.25, -0.2) is 8.42 Å². The summed E-state index contributed by atoms with van der Waals surface area (Å²) in [5.41, 5.74) is 1.47. The average Bonchev–Trinajstić information content (AvgIpc) is 2.53. The number of hydrogen-bond donors (Lipinski definition) is 1. The molecule has 1 N–H and O–H groups in total. The van der Waals surface area contributed by atoms with Crippen molar-refractivity contribution in [2.24, 2.45) is 0 Å². The fourth-order valence-electron chi connectivity index (χ4n) is 1.93. The van der Waals surface area contributed by atoms with Gasteiger partial charge in [0, 0.05) is 28.6 Å². The maximum absolute atomic E-state index is 12.0. The molecule has 7 heteroatoms. The molecule has 0 unspecified atom stereocenters. The van der Waals surface area contributed by atoms with Crippen molar-refractivity contribution < 1.29 is 17.9 Å². The lowest BCUT2D eigenvalue weighted by Gasteiger charge is -2.08. The average molecular weight is 424 g/mol. The van der Waals surface area contributed by atoms with Gasteiger partial charge >= 0.3 is 0 Å². The van der Waals surface area contributed by atoms with Crippen LogP contribution in [-0.2, 0) is 14.6 Å². The van der Waals surface area contributed by atoms with Crippen LogP contribution in [0.5, 0.6) is 5.75 Å². The molecule has 5 nitrogen and oxygen atoms in total. The van der Waals surface area contributed by atoms with Crippen LogP contribution >= 0.6 is 15.9 Å². The van der Waals surface area contributed by atoms with Crippen molar-refractivity contribution in [2.75, 3.05) is 23.9 Å². The molecule has 0 aliphatic heterocycles. The second-order valence-corrected chi connectivity index (χ2v) is 8.46. The van der Waals surface area contributed by atoms with Crippen LogP contribution in [0.2, 0.25) is 0 Å². The SMILES string of the molecule is CS(=O)(=O)CCOc1cccc(NC(=O)/C=C/c2ccccc2Br)c1. The Balaban J connectivity index is 1.94. The topological polar surface area (TPSA) is 72.5 Å². The van der Waals surface area contributed by atoms with E-state index in [9.17, 15) is 13.2 Å². The zero-order valence-electron chi connectivity index (χ0n) is 13.6. The molecule has 0 aliphatic carbocycles. The molecule has 132 valence electrons. The number of anilines is 1. The normalized spacial score (nSPS) is 11.4. The van der Waals surface area contributed by atoms with Gasteiger partial charge in [-0.05, 0) is 29.8 Å². The number of amides is 1. The molecule has 1 amide bonds. The Morgan fingerprint density at radius 2 is 1.96 bits per heavy atom. The summed E-state index contributed by atoms with van der Waals surface area (Å²) in [7, 11) is -3.07. The van der Waals surface area contributed by atoms with E-state index >= 15 is 0 Å². The molecule has 2 aromatic rings. The number of rotatable bonds is 7. The van der Waals surface area contributed by atoms with Crippen molar-refractivity contribution >= 4 is 43.4 Å². The van der Waals surface area contributed by atoms with E-state index in [1.165, 1.54) is 6.08 Å². The molecule has 0 fully saturated rings. The summed E-state index contributed by atoms with van der Waals surface area (Å²) in [6.07, 6.45) is 4.31. The maximum atomic E-state index is 12.0. The van der Waals surface area contributed by atoms with Crippen molar-refractivity contribution in [3.05, 3.63) is 64.6 Å². The van der Waals surface area contributed by atoms with Crippen molar-refractivity contribution in [1.82, 2.24) is 0 Å². The lowest BCUT2D eigenvalue weighted by Crippen LogP contribution is -2.12. The van der Waals surface area contributed by atoms with E-state index in [0.29, 0.717) is 11.4 Å². The molecule has 25 heavy (non-hydrogen) atoms. The number of sulfone groups is 1. The first kappa shape index (κ1) is 19.2. The Bertz CT molecular complexity index is 878. The number of carbonyl (C=O) groups excluding carboxylic acids is 1. The van der Waals surface area contributed by atoms with Crippen LogP contribution in [0.3, 0.4) is 0 Å². The second-order valence-electron chi connectivity index (χ2n) is 5.35. The van der Waals surface area contributed by atoms with Gasteiger partial charge in [0.05, 0.1) is 5.75 Å². The number of halogens is 1. The van der Waals surface area contributed by atoms with E-state index < -0.39 is 9.84 Å². The molecule has 0 heterocycles. The summed E-state index contributed by atoms with van der Waals surface area (Å²) in [5.74, 6) is 0.165.